The molecule has 0 aliphatic heterocycles. The monoisotopic (exact) mass is 450 g/mol. The predicted octanol–water partition coefficient (Wildman–Crippen LogP) is 3.57. The molecule has 0 spiro atoms. The van der Waals surface area contributed by atoms with Crippen molar-refractivity contribution in [1.82, 2.24) is 0 Å². The third-order valence-corrected chi connectivity index (χ3v) is 4.74. The number of hydrogen-bond acceptors (Lipinski definition) is 4. The zero-order valence-corrected chi connectivity index (χ0v) is 16.3. The summed E-state index contributed by atoms with van der Waals surface area (Å²) in [6.07, 6.45) is 0. The Hall–Kier alpha value is -2.89. The Morgan fingerprint density at radius 2 is 1.10 bits per heavy atom. The maximum atomic E-state index is 12.2. The van der Waals surface area contributed by atoms with Gasteiger partial charge in [0, 0.05) is 17.1 Å². The second-order valence-corrected chi connectivity index (χ2v) is 7.47. The fourth-order valence-corrected chi connectivity index (χ4v) is 3.18. The van der Waals surface area contributed by atoms with E-state index in [2.05, 4.69) is 21.3 Å². The van der Waals surface area contributed by atoms with E-state index in [1.54, 1.807) is 60.7 Å². The molecule has 0 aliphatic carbocycles. The predicted molar refractivity (Wildman–Crippen MR) is 122 cm³/mol. The van der Waals surface area contributed by atoms with Crippen molar-refractivity contribution in [2.24, 2.45) is 0 Å². The van der Waals surface area contributed by atoms with Gasteiger partial charge < -0.3 is 21.3 Å². The Balaban J connectivity index is 0.00000341. The first-order valence-corrected chi connectivity index (χ1v) is 10.1. The molecule has 0 radical (unpaired) electrons. The number of amides is 4. The van der Waals surface area contributed by atoms with Crippen LogP contribution in [-0.4, -0.2) is 54.6 Å². The molecule has 0 fully saturated rings. The van der Waals surface area contributed by atoms with Crippen molar-refractivity contribution in [2.45, 2.75) is 4.90 Å². The summed E-state index contributed by atoms with van der Waals surface area (Å²) in [6.45, 7) is 0. The van der Waals surface area contributed by atoms with Crippen LogP contribution in [0.4, 0.5) is 32.3 Å². The molecule has 11 heteroatoms. The van der Waals surface area contributed by atoms with Gasteiger partial charge in [-0.2, -0.15) is 8.42 Å². The second-order valence-electron chi connectivity index (χ2n) is 6.08. The van der Waals surface area contributed by atoms with Crippen molar-refractivity contribution in [3.8, 4) is 0 Å². The first-order chi connectivity index (χ1) is 14.3. The Labute approximate surface area is 201 Å². The summed E-state index contributed by atoms with van der Waals surface area (Å²) in [5, 5.41) is 10.0. The SMILES string of the molecule is O=C(Nc1ccccc1)Nc1ccc(S(=O)(=O)O)c(NC(=O)Nc2ccccc2)c1.[NaH]. The number of urea groups is 2. The minimum absolute atomic E-state index is 0. The van der Waals surface area contributed by atoms with E-state index in [0.717, 1.165) is 6.07 Å². The van der Waals surface area contributed by atoms with Crippen molar-refractivity contribution in [3.63, 3.8) is 0 Å². The maximum absolute atomic E-state index is 12.2. The van der Waals surface area contributed by atoms with E-state index < -0.39 is 27.1 Å². The van der Waals surface area contributed by atoms with Crippen LogP contribution in [0.15, 0.2) is 83.8 Å². The van der Waals surface area contributed by atoms with Gasteiger partial charge in [-0.25, -0.2) is 9.59 Å². The number of carbonyl (C=O) groups is 2. The first kappa shape index (κ1) is 24.4. The standard InChI is InChI=1S/C20H18N4O5S.Na.H/c25-19(21-14-7-3-1-4-8-14)23-16-11-12-18(30(27,28)29)17(13-16)24-20(26)22-15-9-5-2-6-10-15;;/h1-13H,(H2,21,23,25)(H2,22,24,26)(H,27,28,29);;. The number of anilines is 4. The fourth-order valence-electron chi connectivity index (χ4n) is 2.55. The summed E-state index contributed by atoms with van der Waals surface area (Å²) in [5.74, 6) is 0. The summed E-state index contributed by atoms with van der Waals surface area (Å²) >= 11 is 0. The summed E-state index contributed by atoms with van der Waals surface area (Å²) in [5.41, 5.74) is 1.04. The van der Waals surface area contributed by atoms with Gasteiger partial charge in [0.2, 0.25) is 0 Å². The Bertz CT molecular complexity index is 1160. The third kappa shape index (κ3) is 7.39. The van der Waals surface area contributed by atoms with E-state index in [1.165, 1.54) is 12.1 Å². The normalized spacial score (nSPS) is 10.4. The number of carbonyl (C=O) groups excluding carboxylic acids is 2. The van der Waals surface area contributed by atoms with Crippen LogP contribution in [0.5, 0.6) is 0 Å². The van der Waals surface area contributed by atoms with Crippen molar-refractivity contribution in [3.05, 3.63) is 78.9 Å². The summed E-state index contributed by atoms with van der Waals surface area (Å²) in [6, 6.07) is 19.5. The molecule has 0 atom stereocenters. The van der Waals surface area contributed by atoms with Crippen molar-refractivity contribution in [2.75, 3.05) is 21.3 Å². The van der Waals surface area contributed by atoms with Crippen LogP contribution in [0, 0.1) is 0 Å². The summed E-state index contributed by atoms with van der Waals surface area (Å²) in [4.78, 5) is 23.9. The van der Waals surface area contributed by atoms with Crippen molar-refractivity contribution in [1.29, 1.82) is 0 Å². The van der Waals surface area contributed by atoms with Crippen molar-refractivity contribution >= 4 is 74.5 Å². The van der Waals surface area contributed by atoms with Crippen LogP contribution >= 0.6 is 0 Å². The molecule has 3 aromatic rings. The second kappa shape index (κ2) is 10.9. The van der Waals surface area contributed by atoms with Crippen LogP contribution in [0.1, 0.15) is 0 Å². The summed E-state index contributed by atoms with van der Waals surface area (Å²) < 4.78 is 32.7. The first-order valence-electron chi connectivity index (χ1n) is 8.69. The van der Waals surface area contributed by atoms with Crippen molar-refractivity contribution < 1.29 is 22.6 Å². The number of benzene rings is 3. The zero-order chi connectivity index (χ0) is 21.6. The van der Waals surface area contributed by atoms with Crippen LogP contribution in [0.25, 0.3) is 0 Å². The van der Waals surface area contributed by atoms with Gasteiger partial charge in [0.15, 0.2) is 0 Å². The fraction of sp³-hybridized carbons (Fsp3) is 0. The molecule has 3 aromatic carbocycles. The van der Waals surface area contributed by atoms with Gasteiger partial charge in [-0.3, -0.25) is 4.55 Å². The topological polar surface area (TPSA) is 137 Å². The molecule has 156 valence electrons. The van der Waals surface area contributed by atoms with E-state index in [-0.39, 0.29) is 40.9 Å². The molecule has 31 heavy (non-hydrogen) atoms. The van der Waals surface area contributed by atoms with Gasteiger partial charge in [-0.1, -0.05) is 36.4 Å². The van der Waals surface area contributed by atoms with Gasteiger partial charge in [-0.15, -0.1) is 0 Å². The molecular weight excluding hydrogens is 431 g/mol. The Kier molecular flexibility index (Phi) is 8.60. The summed E-state index contributed by atoms with van der Waals surface area (Å²) in [7, 11) is -4.62. The number of para-hydroxylation sites is 2. The quantitative estimate of drug-likeness (QED) is 0.299. The average Bonchev–Trinajstić information content (AvgIpc) is 2.68. The van der Waals surface area contributed by atoms with Crippen LogP contribution in [0.2, 0.25) is 0 Å². The van der Waals surface area contributed by atoms with E-state index in [0.29, 0.717) is 11.4 Å². The van der Waals surface area contributed by atoms with Gasteiger partial charge in [0.05, 0.1) is 5.69 Å². The number of rotatable bonds is 5. The molecule has 4 amide bonds. The molecule has 5 N–H and O–H groups in total. The van der Waals surface area contributed by atoms with E-state index >= 15 is 0 Å². The van der Waals surface area contributed by atoms with Crippen LogP contribution in [-0.2, 0) is 10.1 Å². The molecule has 0 unspecified atom stereocenters. The van der Waals surface area contributed by atoms with E-state index in [4.69, 9.17) is 0 Å². The zero-order valence-electron chi connectivity index (χ0n) is 15.5. The Morgan fingerprint density at radius 1 is 0.645 bits per heavy atom. The minimum atomic E-state index is -4.62. The molecule has 9 nitrogen and oxygen atoms in total. The molecule has 0 bridgehead atoms. The molecule has 0 saturated carbocycles. The van der Waals surface area contributed by atoms with E-state index in [9.17, 15) is 22.6 Å². The van der Waals surface area contributed by atoms with Gasteiger partial charge >= 0.3 is 41.6 Å². The average molecular weight is 450 g/mol. The molecule has 0 heterocycles. The molecular formula is C20H19N4NaO5S. The van der Waals surface area contributed by atoms with Crippen LogP contribution < -0.4 is 21.3 Å². The number of nitrogens with one attached hydrogen (secondary N) is 4. The number of hydrogen-bond donors (Lipinski definition) is 5. The molecule has 3 rings (SSSR count). The van der Waals surface area contributed by atoms with Crippen LogP contribution in [0.3, 0.4) is 0 Å². The van der Waals surface area contributed by atoms with Gasteiger partial charge in [0.25, 0.3) is 10.1 Å². The molecule has 0 aliphatic rings. The molecule has 0 saturated heterocycles. The third-order valence-electron chi connectivity index (χ3n) is 3.83. The van der Waals surface area contributed by atoms with Gasteiger partial charge in [0.1, 0.15) is 4.90 Å². The Morgan fingerprint density at radius 3 is 1.58 bits per heavy atom. The van der Waals surface area contributed by atoms with Gasteiger partial charge in [-0.05, 0) is 42.5 Å². The van der Waals surface area contributed by atoms with E-state index in [1.807, 2.05) is 0 Å². The molecule has 0 aromatic heterocycles.